The summed E-state index contributed by atoms with van der Waals surface area (Å²) in [7, 11) is 0. The van der Waals surface area contributed by atoms with Crippen LogP contribution in [-0.4, -0.2) is 10.2 Å². The zero-order chi connectivity index (χ0) is 23.0. The summed E-state index contributed by atoms with van der Waals surface area (Å²) in [6.45, 7) is 21.7. The molecule has 0 radical (unpaired) electrons. The van der Waals surface area contributed by atoms with Crippen LogP contribution in [0.1, 0.15) is 91.5 Å². The van der Waals surface area contributed by atoms with Gasteiger partial charge in [0.2, 0.25) is 0 Å². The lowest BCUT2D eigenvalue weighted by atomic mass is 9.77. The van der Waals surface area contributed by atoms with Crippen LogP contribution in [0.5, 0.6) is 11.5 Å². The zero-order valence-electron chi connectivity index (χ0n) is 20.8. The maximum Gasteiger partial charge on any atom is 0.127 e. The summed E-state index contributed by atoms with van der Waals surface area (Å²) in [5.41, 5.74) is 5.49. The summed E-state index contributed by atoms with van der Waals surface area (Å²) in [6, 6.07) is 8.42. The van der Waals surface area contributed by atoms with Crippen LogP contribution in [0, 0.1) is 11.8 Å². The molecule has 30 heavy (non-hydrogen) atoms. The van der Waals surface area contributed by atoms with E-state index in [1.165, 1.54) is 11.1 Å². The molecular weight excluding hydrogens is 368 g/mol. The highest BCUT2D eigenvalue weighted by molar-refractivity contribution is 5.80. The predicted molar refractivity (Wildman–Crippen MR) is 130 cm³/mol. The Morgan fingerprint density at radius 2 is 1.20 bits per heavy atom. The van der Waals surface area contributed by atoms with Crippen molar-refractivity contribution in [2.45, 2.75) is 92.9 Å². The van der Waals surface area contributed by atoms with Crippen molar-refractivity contribution < 1.29 is 10.2 Å². The Bertz CT molecular complexity index is 890. The minimum atomic E-state index is -0.202. The van der Waals surface area contributed by atoms with Gasteiger partial charge in [0.15, 0.2) is 0 Å². The van der Waals surface area contributed by atoms with Crippen molar-refractivity contribution in [3.8, 4) is 22.6 Å². The Kier molecular flexibility index (Phi) is 7.01. The number of hydrogen-bond acceptors (Lipinski definition) is 2. The van der Waals surface area contributed by atoms with Gasteiger partial charge in [-0.1, -0.05) is 81.4 Å². The highest BCUT2D eigenvalue weighted by atomic mass is 16.3. The summed E-state index contributed by atoms with van der Waals surface area (Å²) in [6.07, 6.45) is 1.76. The fraction of sp³-hybridized carbons (Fsp3) is 0.571. The highest BCUT2D eigenvalue weighted by Gasteiger charge is 2.27. The summed E-state index contributed by atoms with van der Waals surface area (Å²) < 4.78 is 0. The van der Waals surface area contributed by atoms with Gasteiger partial charge in [0.05, 0.1) is 0 Å². The second-order valence-electron chi connectivity index (χ2n) is 11.8. The van der Waals surface area contributed by atoms with E-state index in [-0.39, 0.29) is 16.6 Å². The van der Waals surface area contributed by atoms with E-state index in [0.29, 0.717) is 17.6 Å². The monoisotopic (exact) mass is 410 g/mol. The average molecular weight is 411 g/mol. The quantitative estimate of drug-likeness (QED) is 0.529. The molecule has 0 aliphatic rings. The number of phenolic OH excluding ortho intramolecular Hbond substituents is 2. The van der Waals surface area contributed by atoms with Crippen molar-refractivity contribution in [1.82, 2.24) is 0 Å². The molecule has 166 valence electrons. The first-order valence-corrected chi connectivity index (χ1v) is 11.3. The molecule has 0 aliphatic carbocycles. The van der Waals surface area contributed by atoms with Gasteiger partial charge in [0, 0.05) is 16.7 Å². The Labute approximate surface area is 184 Å². The molecule has 2 aromatic rings. The van der Waals surface area contributed by atoms with Crippen molar-refractivity contribution in [2.75, 3.05) is 0 Å². The Morgan fingerprint density at radius 1 is 0.667 bits per heavy atom. The van der Waals surface area contributed by atoms with E-state index in [4.69, 9.17) is 0 Å². The molecule has 0 atom stereocenters. The third-order valence-electron chi connectivity index (χ3n) is 5.59. The van der Waals surface area contributed by atoms with E-state index < -0.39 is 0 Å². The van der Waals surface area contributed by atoms with Crippen LogP contribution in [0.15, 0.2) is 24.3 Å². The minimum absolute atomic E-state index is 0.0611. The molecule has 0 aromatic heterocycles. The van der Waals surface area contributed by atoms with E-state index >= 15 is 0 Å². The normalized spacial score (nSPS) is 12.8. The van der Waals surface area contributed by atoms with Crippen LogP contribution in [0.25, 0.3) is 11.1 Å². The zero-order valence-corrected chi connectivity index (χ0v) is 20.8. The standard InChI is InChI=1S/C28H42O2/c1-17(2)11-19-13-20(12-18(3)4)25(29)22(14-19)23-15-21(27(5,6)7)16-24(26(23)30)28(8,9)10/h13-18,29-30H,11-12H2,1-10H3. The van der Waals surface area contributed by atoms with Crippen molar-refractivity contribution in [3.05, 3.63) is 46.5 Å². The molecule has 2 aromatic carbocycles. The average Bonchev–Trinajstić information content (AvgIpc) is 2.55. The third kappa shape index (κ3) is 5.59. The number of hydrogen-bond donors (Lipinski definition) is 2. The first-order valence-electron chi connectivity index (χ1n) is 11.3. The highest BCUT2D eigenvalue weighted by Crippen LogP contribution is 2.45. The van der Waals surface area contributed by atoms with Crippen LogP contribution in [0.4, 0.5) is 0 Å². The van der Waals surface area contributed by atoms with Crippen LogP contribution in [0.2, 0.25) is 0 Å². The van der Waals surface area contributed by atoms with Gasteiger partial charge in [-0.2, -0.15) is 0 Å². The van der Waals surface area contributed by atoms with Gasteiger partial charge in [-0.05, 0) is 64.3 Å². The fourth-order valence-corrected chi connectivity index (χ4v) is 4.00. The first kappa shape index (κ1) is 24.3. The Hall–Kier alpha value is -1.96. The second kappa shape index (κ2) is 8.65. The Balaban J connectivity index is 2.87. The molecule has 0 spiro atoms. The molecular formula is C28H42O2. The molecule has 2 nitrogen and oxygen atoms in total. The number of aromatic hydroxyl groups is 2. The summed E-state index contributed by atoms with van der Waals surface area (Å²) in [5, 5.41) is 22.6. The van der Waals surface area contributed by atoms with Gasteiger partial charge >= 0.3 is 0 Å². The number of rotatable bonds is 5. The number of phenols is 2. The smallest absolute Gasteiger partial charge is 0.127 e. The SMILES string of the molecule is CC(C)Cc1cc(CC(C)C)c(O)c(-c2cc(C(C)(C)C)cc(C(C)(C)C)c2O)c1. The largest absolute Gasteiger partial charge is 0.507 e. The lowest BCUT2D eigenvalue weighted by Crippen LogP contribution is -2.17. The third-order valence-corrected chi connectivity index (χ3v) is 5.59. The fourth-order valence-electron chi connectivity index (χ4n) is 4.00. The maximum atomic E-state index is 11.3. The van der Waals surface area contributed by atoms with Gasteiger partial charge in [-0.15, -0.1) is 0 Å². The van der Waals surface area contributed by atoms with Crippen molar-refractivity contribution >= 4 is 0 Å². The minimum Gasteiger partial charge on any atom is -0.507 e. The van der Waals surface area contributed by atoms with E-state index in [2.05, 4.69) is 93.5 Å². The molecule has 0 fully saturated rings. The van der Waals surface area contributed by atoms with Crippen molar-refractivity contribution in [3.63, 3.8) is 0 Å². The molecule has 0 saturated carbocycles. The Morgan fingerprint density at radius 3 is 1.67 bits per heavy atom. The molecule has 0 unspecified atom stereocenters. The van der Waals surface area contributed by atoms with E-state index in [1.54, 1.807) is 0 Å². The van der Waals surface area contributed by atoms with Gasteiger partial charge in [0.1, 0.15) is 11.5 Å². The molecule has 0 bridgehead atoms. The van der Waals surface area contributed by atoms with Crippen LogP contribution >= 0.6 is 0 Å². The molecule has 2 rings (SSSR count). The molecule has 0 amide bonds. The summed E-state index contributed by atoms with van der Waals surface area (Å²) in [5.74, 6) is 1.55. The molecule has 0 saturated heterocycles. The van der Waals surface area contributed by atoms with E-state index in [0.717, 1.165) is 35.1 Å². The second-order valence-corrected chi connectivity index (χ2v) is 11.8. The lowest BCUT2D eigenvalue weighted by Gasteiger charge is -2.28. The van der Waals surface area contributed by atoms with E-state index in [9.17, 15) is 10.2 Å². The molecule has 0 aliphatic heterocycles. The van der Waals surface area contributed by atoms with Crippen molar-refractivity contribution in [1.29, 1.82) is 0 Å². The summed E-state index contributed by atoms with van der Waals surface area (Å²) >= 11 is 0. The van der Waals surface area contributed by atoms with Gasteiger partial charge in [0.25, 0.3) is 0 Å². The van der Waals surface area contributed by atoms with Crippen LogP contribution in [0.3, 0.4) is 0 Å². The van der Waals surface area contributed by atoms with E-state index in [1.807, 2.05) is 0 Å². The molecule has 2 N–H and O–H groups in total. The maximum absolute atomic E-state index is 11.3. The first-order chi connectivity index (χ1) is 13.6. The topological polar surface area (TPSA) is 40.5 Å². The van der Waals surface area contributed by atoms with Gasteiger partial charge < -0.3 is 10.2 Å². The number of benzene rings is 2. The lowest BCUT2D eigenvalue weighted by molar-refractivity contribution is 0.443. The van der Waals surface area contributed by atoms with Crippen LogP contribution in [-0.2, 0) is 23.7 Å². The molecule has 2 heteroatoms. The summed E-state index contributed by atoms with van der Waals surface area (Å²) in [4.78, 5) is 0. The predicted octanol–water partition coefficient (Wildman–Crippen LogP) is 7.76. The van der Waals surface area contributed by atoms with Gasteiger partial charge in [-0.3, -0.25) is 0 Å². The molecule has 0 heterocycles. The van der Waals surface area contributed by atoms with Gasteiger partial charge in [-0.25, -0.2) is 0 Å². The van der Waals surface area contributed by atoms with Crippen LogP contribution < -0.4 is 0 Å². The van der Waals surface area contributed by atoms with Crippen molar-refractivity contribution in [2.24, 2.45) is 11.8 Å².